The zero-order chi connectivity index (χ0) is 12.8. The fourth-order valence-electron chi connectivity index (χ4n) is 2.65. The van der Waals surface area contributed by atoms with Gasteiger partial charge in [0, 0.05) is 12.2 Å². The van der Waals surface area contributed by atoms with Crippen LogP contribution in [0.25, 0.3) is 0 Å². The number of nitrogens with zero attached hydrogens (tertiary/aromatic N) is 1. The summed E-state index contributed by atoms with van der Waals surface area (Å²) in [6, 6.07) is 8.25. The summed E-state index contributed by atoms with van der Waals surface area (Å²) in [4.78, 5) is 2.54. The summed E-state index contributed by atoms with van der Waals surface area (Å²) < 4.78 is 0. The van der Waals surface area contributed by atoms with Crippen molar-refractivity contribution < 1.29 is 0 Å². The van der Waals surface area contributed by atoms with Crippen LogP contribution in [0, 0.1) is 5.92 Å². The van der Waals surface area contributed by atoms with Crippen LogP contribution in [0.3, 0.4) is 0 Å². The molecule has 1 aliphatic rings. The maximum atomic E-state index is 5.81. The number of halogens is 2. The number of nitrogen functional groups attached to an aromatic ring is 1. The molecule has 0 aliphatic carbocycles. The van der Waals surface area contributed by atoms with E-state index in [1.807, 2.05) is 12.1 Å². The van der Waals surface area contributed by atoms with E-state index in [0.717, 1.165) is 24.7 Å². The molecule has 2 rings (SSSR count). The predicted octanol–water partition coefficient (Wildman–Crippen LogP) is 2.93. The molecule has 1 saturated heterocycles. The standard InChI is InChI=1S/C15H25N3.2ClH/c1-2-17-11-13-6-8-18(9-7-13)12-14-4-3-5-15(16)10-14;;/h3-5,10,13,17H,2,6-9,11-12,16H2,1H3;2*1H. The first-order valence-corrected chi connectivity index (χ1v) is 7.05. The van der Waals surface area contributed by atoms with Crippen molar-refractivity contribution >= 4 is 30.5 Å². The van der Waals surface area contributed by atoms with Gasteiger partial charge in [-0.25, -0.2) is 0 Å². The van der Waals surface area contributed by atoms with E-state index in [1.165, 1.54) is 38.0 Å². The summed E-state index contributed by atoms with van der Waals surface area (Å²) in [6.45, 7) is 7.91. The van der Waals surface area contributed by atoms with Gasteiger partial charge in [-0.2, -0.15) is 0 Å². The molecule has 0 radical (unpaired) electrons. The Hall–Kier alpha value is -0.480. The third-order valence-corrected chi connectivity index (χ3v) is 3.75. The highest BCUT2D eigenvalue weighted by Gasteiger charge is 2.18. The normalized spacial score (nSPS) is 16.2. The third kappa shape index (κ3) is 6.31. The number of piperidine rings is 1. The Labute approximate surface area is 135 Å². The Balaban J connectivity index is 0.00000180. The first-order valence-electron chi connectivity index (χ1n) is 7.05. The second-order valence-corrected chi connectivity index (χ2v) is 5.27. The number of rotatable bonds is 5. The van der Waals surface area contributed by atoms with Crippen LogP contribution >= 0.6 is 24.8 Å². The summed E-state index contributed by atoms with van der Waals surface area (Å²) in [5.74, 6) is 0.863. The van der Waals surface area contributed by atoms with E-state index in [9.17, 15) is 0 Å². The van der Waals surface area contributed by atoms with Crippen molar-refractivity contribution in [1.29, 1.82) is 0 Å². The van der Waals surface area contributed by atoms with E-state index in [1.54, 1.807) is 0 Å². The maximum absolute atomic E-state index is 5.81. The van der Waals surface area contributed by atoms with Gasteiger partial charge in [0.2, 0.25) is 0 Å². The SMILES string of the molecule is CCNCC1CCN(Cc2cccc(N)c2)CC1.Cl.Cl. The molecule has 116 valence electrons. The van der Waals surface area contributed by atoms with Crippen molar-refractivity contribution in [2.75, 3.05) is 31.9 Å². The van der Waals surface area contributed by atoms with Crippen molar-refractivity contribution in [3.63, 3.8) is 0 Å². The molecule has 1 aromatic carbocycles. The first kappa shape index (κ1) is 19.5. The van der Waals surface area contributed by atoms with Gasteiger partial charge in [0.1, 0.15) is 0 Å². The van der Waals surface area contributed by atoms with Gasteiger partial charge in [-0.15, -0.1) is 24.8 Å². The van der Waals surface area contributed by atoms with Gasteiger partial charge in [0.05, 0.1) is 0 Å². The van der Waals surface area contributed by atoms with Gasteiger partial charge in [-0.05, 0) is 62.6 Å². The van der Waals surface area contributed by atoms with E-state index in [0.29, 0.717) is 0 Å². The Morgan fingerprint density at radius 2 is 1.95 bits per heavy atom. The molecule has 0 unspecified atom stereocenters. The van der Waals surface area contributed by atoms with E-state index in [4.69, 9.17) is 5.73 Å². The number of nitrogens with one attached hydrogen (secondary N) is 1. The molecule has 1 fully saturated rings. The molecule has 0 saturated carbocycles. The number of nitrogens with two attached hydrogens (primary N) is 1. The molecule has 0 spiro atoms. The van der Waals surface area contributed by atoms with E-state index in [2.05, 4.69) is 29.3 Å². The second-order valence-electron chi connectivity index (χ2n) is 5.27. The van der Waals surface area contributed by atoms with Crippen molar-refractivity contribution in [1.82, 2.24) is 10.2 Å². The minimum Gasteiger partial charge on any atom is -0.399 e. The molecule has 0 atom stereocenters. The fourth-order valence-corrected chi connectivity index (χ4v) is 2.65. The van der Waals surface area contributed by atoms with Crippen molar-refractivity contribution in [3.8, 4) is 0 Å². The zero-order valence-electron chi connectivity index (χ0n) is 12.2. The molecule has 20 heavy (non-hydrogen) atoms. The van der Waals surface area contributed by atoms with Gasteiger partial charge in [0.15, 0.2) is 0 Å². The molecule has 0 bridgehead atoms. The Bertz CT molecular complexity index is 366. The van der Waals surface area contributed by atoms with Crippen LogP contribution in [-0.2, 0) is 6.54 Å². The zero-order valence-corrected chi connectivity index (χ0v) is 13.8. The number of benzene rings is 1. The lowest BCUT2D eigenvalue weighted by Gasteiger charge is -2.32. The van der Waals surface area contributed by atoms with Crippen LogP contribution in [-0.4, -0.2) is 31.1 Å². The summed E-state index contributed by atoms with van der Waals surface area (Å²) in [6.07, 6.45) is 2.63. The molecule has 1 heterocycles. The smallest absolute Gasteiger partial charge is 0.0317 e. The van der Waals surface area contributed by atoms with Crippen molar-refractivity contribution in [2.24, 2.45) is 5.92 Å². The monoisotopic (exact) mass is 319 g/mol. The summed E-state index contributed by atoms with van der Waals surface area (Å²) in [5, 5.41) is 3.45. The van der Waals surface area contributed by atoms with Crippen LogP contribution in [0.2, 0.25) is 0 Å². The summed E-state index contributed by atoms with van der Waals surface area (Å²) >= 11 is 0. The Morgan fingerprint density at radius 3 is 2.55 bits per heavy atom. The lowest BCUT2D eigenvalue weighted by atomic mass is 9.96. The van der Waals surface area contributed by atoms with Gasteiger partial charge >= 0.3 is 0 Å². The van der Waals surface area contributed by atoms with Crippen molar-refractivity contribution in [3.05, 3.63) is 29.8 Å². The van der Waals surface area contributed by atoms with Crippen LogP contribution in [0.4, 0.5) is 5.69 Å². The molecule has 1 aromatic rings. The highest BCUT2D eigenvalue weighted by molar-refractivity contribution is 5.85. The molecule has 3 N–H and O–H groups in total. The number of hydrogen-bond acceptors (Lipinski definition) is 3. The second kappa shape index (κ2) is 10.3. The minimum atomic E-state index is 0. The lowest BCUT2D eigenvalue weighted by molar-refractivity contribution is 0.176. The Kier molecular flexibility index (Phi) is 10.0. The molecular formula is C15H27Cl2N3. The fraction of sp³-hybridized carbons (Fsp3) is 0.600. The minimum absolute atomic E-state index is 0. The number of anilines is 1. The largest absolute Gasteiger partial charge is 0.399 e. The van der Waals surface area contributed by atoms with E-state index < -0.39 is 0 Å². The van der Waals surface area contributed by atoms with Gasteiger partial charge < -0.3 is 11.1 Å². The molecule has 5 heteroatoms. The van der Waals surface area contributed by atoms with E-state index in [-0.39, 0.29) is 24.8 Å². The summed E-state index contributed by atoms with van der Waals surface area (Å²) in [7, 11) is 0. The average Bonchev–Trinajstić information content (AvgIpc) is 2.38. The highest BCUT2D eigenvalue weighted by atomic mass is 35.5. The van der Waals surface area contributed by atoms with Crippen LogP contribution in [0.5, 0.6) is 0 Å². The lowest BCUT2D eigenvalue weighted by Crippen LogP contribution is -2.36. The number of hydrogen-bond donors (Lipinski definition) is 2. The van der Waals surface area contributed by atoms with E-state index >= 15 is 0 Å². The molecule has 1 aliphatic heterocycles. The average molecular weight is 320 g/mol. The molecule has 0 amide bonds. The molecule has 0 aromatic heterocycles. The van der Waals surface area contributed by atoms with Gasteiger partial charge in [-0.1, -0.05) is 19.1 Å². The molecular weight excluding hydrogens is 293 g/mol. The van der Waals surface area contributed by atoms with Crippen LogP contribution in [0.1, 0.15) is 25.3 Å². The third-order valence-electron chi connectivity index (χ3n) is 3.75. The maximum Gasteiger partial charge on any atom is 0.0317 e. The van der Waals surface area contributed by atoms with Crippen molar-refractivity contribution in [2.45, 2.75) is 26.3 Å². The quantitative estimate of drug-likeness (QED) is 0.820. The van der Waals surface area contributed by atoms with Crippen LogP contribution < -0.4 is 11.1 Å². The Morgan fingerprint density at radius 1 is 1.25 bits per heavy atom. The van der Waals surface area contributed by atoms with Gasteiger partial charge in [0.25, 0.3) is 0 Å². The van der Waals surface area contributed by atoms with Crippen LogP contribution in [0.15, 0.2) is 24.3 Å². The first-order chi connectivity index (χ1) is 8.78. The highest BCUT2D eigenvalue weighted by Crippen LogP contribution is 2.19. The van der Waals surface area contributed by atoms with Gasteiger partial charge in [-0.3, -0.25) is 4.90 Å². The topological polar surface area (TPSA) is 41.3 Å². The summed E-state index contributed by atoms with van der Waals surface area (Å²) in [5.41, 5.74) is 8.02. The predicted molar refractivity (Wildman–Crippen MR) is 91.9 cm³/mol. The molecule has 3 nitrogen and oxygen atoms in total. The number of likely N-dealkylation sites (tertiary alicyclic amines) is 1.